The minimum absolute atomic E-state index is 0.0378. The van der Waals surface area contributed by atoms with Crippen LogP contribution in [0.25, 0.3) is 10.4 Å². The molecule has 1 aliphatic heterocycles. The third-order valence-electron chi connectivity index (χ3n) is 4.70. The maximum Gasteiger partial charge on any atom is 0.229 e. The molecule has 4 rings (SSSR count). The number of anilines is 1. The number of hydrogen-bond acceptors (Lipinski definition) is 4. The van der Waals surface area contributed by atoms with Crippen LogP contribution in [0.1, 0.15) is 23.4 Å². The average Bonchev–Trinajstić information content (AvgIpc) is 3.23. The monoisotopic (exact) mass is 352 g/mol. The molecule has 25 heavy (non-hydrogen) atoms. The highest BCUT2D eigenvalue weighted by molar-refractivity contribution is 7.19. The molecule has 5 nitrogen and oxygen atoms in total. The van der Waals surface area contributed by atoms with Crippen LogP contribution in [-0.2, 0) is 17.8 Å². The zero-order valence-electron chi connectivity index (χ0n) is 14.3. The van der Waals surface area contributed by atoms with Crippen LogP contribution in [0.2, 0.25) is 0 Å². The van der Waals surface area contributed by atoms with Gasteiger partial charge in [-0.15, -0.1) is 0 Å². The van der Waals surface area contributed by atoms with E-state index < -0.39 is 0 Å². The Morgan fingerprint density at radius 1 is 1.32 bits per heavy atom. The largest absolute Gasteiger partial charge is 0.335 e. The molecular formula is C19H20N4OS. The number of hydrogen-bond donors (Lipinski definition) is 1. The molecule has 1 aliphatic rings. The second kappa shape index (κ2) is 6.44. The quantitative estimate of drug-likeness (QED) is 0.779. The van der Waals surface area contributed by atoms with E-state index in [1.807, 2.05) is 12.4 Å². The van der Waals surface area contributed by atoms with E-state index >= 15 is 0 Å². The average molecular weight is 352 g/mol. The van der Waals surface area contributed by atoms with E-state index in [9.17, 15) is 4.79 Å². The molecule has 0 saturated heterocycles. The number of carbonyl (C=O) groups excluding carboxylic acids is 1. The number of fused-ring (bicyclic) bond motifs is 1. The Balaban J connectivity index is 1.47. The van der Waals surface area contributed by atoms with Crippen LogP contribution in [-0.4, -0.2) is 20.4 Å². The van der Waals surface area contributed by atoms with Crippen LogP contribution in [0, 0.1) is 19.8 Å². The van der Waals surface area contributed by atoms with Crippen molar-refractivity contribution in [2.75, 3.05) is 5.32 Å². The van der Waals surface area contributed by atoms with Crippen molar-refractivity contribution >= 4 is 22.4 Å². The Kier molecular flexibility index (Phi) is 4.13. The van der Waals surface area contributed by atoms with Crippen molar-refractivity contribution in [3.63, 3.8) is 0 Å². The highest BCUT2D eigenvalue weighted by atomic mass is 32.1. The number of benzene rings is 1. The Hall–Kier alpha value is -2.47. The zero-order chi connectivity index (χ0) is 17.4. The van der Waals surface area contributed by atoms with Gasteiger partial charge in [-0.1, -0.05) is 35.1 Å². The van der Waals surface area contributed by atoms with Gasteiger partial charge in [0.25, 0.3) is 0 Å². The molecule has 128 valence electrons. The lowest BCUT2D eigenvalue weighted by Crippen LogP contribution is -2.30. The van der Waals surface area contributed by atoms with E-state index in [4.69, 9.17) is 0 Å². The van der Waals surface area contributed by atoms with Crippen LogP contribution >= 0.6 is 11.3 Å². The first kappa shape index (κ1) is 16.0. The van der Waals surface area contributed by atoms with Gasteiger partial charge >= 0.3 is 0 Å². The number of amides is 1. The van der Waals surface area contributed by atoms with Crippen molar-refractivity contribution in [3.05, 3.63) is 53.7 Å². The minimum atomic E-state index is -0.0386. The van der Waals surface area contributed by atoms with Gasteiger partial charge in [0.2, 0.25) is 5.91 Å². The number of carbonyl (C=O) groups is 1. The third kappa shape index (κ3) is 3.22. The van der Waals surface area contributed by atoms with Crippen LogP contribution < -0.4 is 5.32 Å². The first-order valence-electron chi connectivity index (χ1n) is 8.44. The van der Waals surface area contributed by atoms with Crippen LogP contribution in [0.15, 0.2) is 36.8 Å². The summed E-state index contributed by atoms with van der Waals surface area (Å²) >= 11 is 1.52. The summed E-state index contributed by atoms with van der Waals surface area (Å²) in [5, 5.41) is 3.65. The fourth-order valence-electron chi connectivity index (χ4n) is 3.33. The van der Waals surface area contributed by atoms with Crippen LogP contribution in [0.4, 0.5) is 5.13 Å². The van der Waals surface area contributed by atoms with Crippen molar-refractivity contribution in [2.45, 2.75) is 33.2 Å². The molecule has 0 spiro atoms. The topological polar surface area (TPSA) is 59.8 Å². The Labute approximate surface area is 150 Å². The number of aromatic nitrogens is 3. The highest BCUT2D eigenvalue weighted by Crippen LogP contribution is 2.32. The molecule has 1 unspecified atom stereocenters. The number of aryl methyl sites for hydroxylation is 3. The molecule has 1 amide bonds. The summed E-state index contributed by atoms with van der Waals surface area (Å²) in [5.74, 6) is 0.987. The lowest BCUT2D eigenvalue weighted by molar-refractivity contribution is -0.120. The fraction of sp³-hybridized carbons (Fsp3) is 0.316. The second-order valence-electron chi connectivity index (χ2n) is 6.56. The van der Waals surface area contributed by atoms with E-state index in [1.165, 1.54) is 28.0 Å². The summed E-state index contributed by atoms with van der Waals surface area (Å²) < 4.78 is 2.12. The minimum Gasteiger partial charge on any atom is -0.335 e. The molecule has 0 bridgehead atoms. The van der Waals surface area contributed by atoms with Crippen molar-refractivity contribution in [3.8, 4) is 10.4 Å². The van der Waals surface area contributed by atoms with Gasteiger partial charge in [0.1, 0.15) is 5.82 Å². The molecule has 1 aromatic carbocycles. The zero-order valence-corrected chi connectivity index (χ0v) is 15.1. The molecular weight excluding hydrogens is 332 g/mol. The fourth-order valence-corrected chi connectivity index (χ4v) is 4.24. The molecule has 1 N–H and O–H groups in total. The summed E-state index contributed by atoms with van der Waals surface area (Å²) in [6.07, 6.45) is 7.14. The number of nitrogens with zero attached hydrogens (tertiary/aromatic N) is 3. The maximum absolute atomic E-state index is 12.6. The SMILES string of the molecule is Cc1ccc(-c2cnc(NC(=O)C3CCn4ccnc4C3)s2)c(C)c1. The number of imidazole rings is 1. The van der Waals surface area contributed by atoms with Gasteiger partial charge in [-0.05, 0) is 31.4 Å². The van der Waals surface area contributed by atoms with Gasteiger partial charge in [0.05, 0.1) is 4.88 Å². The van der Waals surface area contributed by atoms with Gasteiger partial charge in [0, 0.05) is 37.5 Å². The lowest BCUT2D eigenvalue weighted by atomic mass is 9.97. The first-order chi connectivity index (χ1) is 12.1. The van der Waals surface area contributed by atoms with Gasteiger partial charge in [-0.3, -0.25) is 4.79 Å². The molecule has 1 atom stereocenters. The number of nitrogens with one attached hydrogen (secondary N) is 1. The lowest BCUT2D eigenvalue weighted by Gasteiger charge is -2.21. The molecule has 0 saturated carbocycles. The van der Waals surface area contributed by atoms with E-state index in [0.717, 1.165) is 23.7 Å². The highest BCUT2D eigenvalue weighted by Gasteiger charge is 2.26. The smallest absolute Gasteiger partial charge is 0.229 e. The van der Waals surface area contributed by atoms with Crippen LogP contribution in [0.5, 0.6) is 0 Å². The van der Waals surface area contributed by atoms with Gasteiger partial charge < -0.3 is 9.88 Å². The summed E-state index contributed by atoms with van der Waals surface area (Å²) in [6, 6.07) is 6.38. The van der Waals surface area contributed by atoms with Crippen molar-refractivity contribution in [2.24, 2.45) is 5.92 Å². The summed E-state index contributed by atoms with van der Waals surface area (Å²) in [7, 11) is 0. The molecule has 6 heteroatoms. The molecule has 2 aromatic heterocycles. The van der Waals surface area contributed by atoms with E-state index in [0.29, 0.717) is 11.6 Å². The second-order valence-corrected chi connectivity index (χ2v) is 7.59. The Morgan fingerprint density at radius 2 is 2.20 bits per heavy atom. The predicted octanol–water partition coefficient (Wildman–Crippen LogP) is 3.82. The van der Waals surface area contributed by atoms with E-state index in [2.05, 4.69) is 51.9 Å². The maximum atomic E-state index is 12.6. The first-order valence-corrected chi connectivity index (χ1v) is 9.26. The normalized spacial score (nSPS) is 16.5. The van der Waals surface area contributed by atoms with Crippen molar-refractivity contribution in [1.82, 2.24) is 14.5 Å². The number of rotatable bonds is 3. The standard InChI is InChI=1S/C19H20N4OS/c1-12-3-4-15(13(2)9-12)16-11-21-19(25-16)22-18(24)14-5-7-23-8-6-20-17(23)10-14/h3-4,6,8-9,11,14H,5,7,10H2,1-2H3,(H,21,22,24). The summed E-state index contributed by atoms with van der Waals surface area (Å²) in [4.78, 5) is 22.4. The third-order valence-corrected chi connectivity index (χ3v) is 5.65. The van der Waals surface area contributed by atoms with Gasteiger partial charge in [-0.25, -0.2) is 9.97 Å². The number of thiazole rings is 1. The molecule has 0 radical (unpaired) electrons. The molecule has 3 aromatic rings. The molecule has 0 fully saturated rings. The Morgan fingerprint density at radius 3 is 3.04 bits per heavy atom. The summed E-state index contributed by atoms with van der Waals surface area (Å²) in [6.45, 7) is 5.04. The predicted molar refractivity (Wildman–Crippen MR) is 99.7 cm³/mol. The molecule has 3 heterocycles. The van der Waals surface area contributed by atoms with Crippen molar-refractivity contribution < 1.29 is 4.79 Å². The molecule has 0 aliphatic carbocycles. The van der Waals surface area contributed by atoms with Crippen LogP contribution in [0.3, 0.4) is 0 Å². The van der Waals surface area contributed by atoms with E-state index in [1.54, 1.807) is 6.20 Å². The summed E-state index contributed by atoms with van der Waals surface area (Å²) in [5.41, 5.74) is 3.64. The van der Waals surface area contributed by atoms with Crippen molar-refractivity contribution in [1.29, 1.82) is 0 Å². The van der Waals surface area contributed by atoms with Gasteiger partial charge in [-0.2, -0.15) is 0 Å². The Bertz CT molecular complexity index is 927. The van der Waals surface area contributed by atoms with Gasteiger partial charge in [0.15, 0.2) is 5.13 Å². The van der Waals surface area contributed by atoms with E-state index in [-0.39, 0.29) is 11.8 Å².